The van der Waals surface area contributed by atoms with Crippen molar-refractivity contribution in [3.05, 3.63) is 83.5 Å². The zero-order valence-electron chi connectivity index (χ0n) is 14.8. The van der Waals surface area contributed by atoms with E-state index in [2.05, 4.69) is 15.5 Å². The summed E-state index contributed by atoms with van der Waals surface area (Å²) < 4.78 is 5.64. The number of carbonyl (C=O) groups is 1. The van der Waals surface area contributed by atoms with Crippen molar-refractivity contribution in [1.29, 1.82) is 0 Å². The average molecular weight is 390 g/mol. The largest absolute Gasteiger partial charge is 0.483 e. The molecule has 0 spiro atoms. The van der Waals surface area contributed by atoms with E-state index in [0.717, 1.165) is 21.7 Å². The van der Waals surface area contributed by atoms with E-state index in [1.807, 2.05) is 72.8 Å². The molecule has 0 saturated heterocycles. The van der Waals surface area contributed by atoms with E-state index in [4.69, 9.17) is 16.3 Å². The number of hydrogen-bond acceptors (Lipinski definition) is 4. The molecule has 28 heavy (non-hydrogen) atoms. The fourth-order valence-corrected chi connectivity index (χ4v) is 3.06. The van der Waals surface area contributed by atoms with Crippen molar-refractivity contribution in [2.45, 2.75) is 0 Å². The van der Waals surface area contributed by atoms with Crippen LogP contribution in [0.15, 0.2) is 77.9 Å². The van der Waals surface area contributed by atoms with E-state index >= 15 is 0 Å². The number of hydrogen-bond donors (Lipinski definition) is 1. The molecule has 4 rings (SSSR count). The molecule has 5 nitrogen and oxygen atoms in total. The molecule has 3 aromatic carbocycles. The van der Waals surface area contributed by atoms with Gasteiger partial charge in [-0.15, -0.1) is 0 Å². The molecule has 0 atom stereocenters. The molecule has 0 aliphatic carbocycles. The summed E-state index contributed by atoms with van der Waals surface area (Å²) in [4.78, 5) is 16.4. The van der Waals surface area contributed by atoms with Crippen LogP contribution in [-0.4, -0.2) is 23.7 Å². The summed E-state index contributed by atoms with van der Waals surface area (Å²) in [6, 6.07) is 23.1. The number of rotatable bonds is 5. The van der Waals surface area contributed by atoms with Crippen molar-refractivity contribution in [3.8, 4) is 5.75 Å². The highest BCUT2D eigenvalue weighted by Gasteiger charge is 2.06. The Balaban J connectivity index is 1.40. The van der Waals surface area contributed by atoms with Crippen molar-refractivity contribution < 1.29 is 9.53 Å². The first-order valence-electron chi connectivity index (χ1n) is 8.68. The van der Waals surface area contributed by atoms with Crippen LogP contribution in [0, 0.1) is 0 Å². The van der Waals surface area contributed by atoms with Gasteiger partial charge in [0.25, 0.3) is 5.91 Å². The first-order valence-corrected chi connectivity index (χ1v) is 9.06. The Morgan fingerprint density at radius 2 is 1.79 bits per heavy atom. The SMILES string of the molecule is O=C(COc1cccc2ccccc12)N/N=C/c1cc2ccccc2nc1Cl. The van der Waals surface area contributed by atoms with Gasteiger partial charge in [-0.25, -0.2) is 10.4 Å². The van der Waals surface area contributed by atoms with Crippen molar-refractivity contribution in [2.24, 2.45) is 5.10 Å². The van der Waals surface area contributed by atoms with Crippen LogP contribution in [0.1, 0.15) is 5.56 Å². The molecule has 138 valence electrons. The van der Waals surface area contributed by atoms with Crippen LogP contribution in [0.25, 0.3) is 21.7 Å². The van der Waals surface area contributed by atoms with Crippen LogP contribution in [0.5, 0.6) is 5.75 Å². The van der Waals surface area contributed by atoms with Gasteiger partial charge < -0.3 is 4.74 Å². The maximum atomic E-state index is 12.0. The van der Waals surface area contributed by atoms with Gasteiger partial charge in [-0.1, -0.05) is 66.2 Å². The fraction of sp³-hybridized carbons (Fsp3) is 0.0455. The number of amides is 1. The molecule has 0 unspecified atom stereocenters. The molecule has 1 amide bonds. The van der Waals surface area contributed by atoms with Crippen LogP contribution in [-0.2, 0) is 4.79 Å². The van der Waals surface area contributed by atoms with Crippen LogP contribution in [0.2, 0.25) is 5.15 Å². The van der Waals surface area contributed by atoms with Crippen LogP contribution < -0.4 is 10.2 Å². The minimum atomic E-state index is -0.367. The lowest BCUT2D eigenvalue weighted by molar-refractivity contribution is -0.123. The van der Waals surface area contributed by atoms with E-state index in [-0.39, 0.29) is 12.5 Å². The van der Waals surface area contributed by atoms with Crippen molar-refractivity contribution >= 4 is 45.4 Å². The van der Waals surface area contributed by atoms with E-state index < -0.39 is 0 Å². The lowest BCUT2D eigenvalue weighted by atomic mass is 10.1. The zero-order chi connectivity index (χ0) is 19.3. The van der Waals surface area contributed by atoms with Crippen LogP contribution in [0.3, 0.4) is 0 Å². The molecule has 0 saturated carbocycles. The third kappa shape index (κ3) is 3.94. The Bertz CT molecular complexity index is 1190. The first kappa shape index (κ1) is 17.9. The average Bonchev–Trinajstić information content (AvgIpc) is 2.72. The third-order valence-corrected chi connectivity index (χ3v) is 4.51. The summed E-state index contributed by atoms with van der Waals surface area (Å²) >= 11 is 6.18. The summed E-state index contributed by atoms with van der Waals surface area (Å²) in [5.74, 6) is 0.285. The fourth-order valence-electron chi connectivity index (χ4n) is 2.87. The summed E-state index contributed by atoms with van der Waals surface area (Å²) in [6.07, 6.45) is 1.47. The first-order chi connectivity index (χ1) is 13.7. The van der Waals surface area contributed by atoms with Crippen molar-refractivity contribution in [3.63, 3.8) is 0 Å². The van der Waals surface area contributed by atoms with Crippen LogP contribution >= 0.6 is 11.6 Å². The number of nitrogens with zero attached hydrogens (tertiary/aromatic N) is 2. The van der Waals surface area contributed by atoms with Gasteiger partial charge in [0.05, 0.1) is 11.7 Å². The van der Waals surface area contributed by atoms with Gasteiger partial charge in [0.15, 0.2) is 6.61 Å². The van der Waals surface area contributed by atoms with Gasteiger partial charge in [0, 0.05) is 16.3 Å². The molecule has 0 aliphatic rings. The Kier molecular flexibility index (Phi) is 5.17. The van der Waals surface area contributed by atoms with Gasteiger partial charge in [-0.3, -0.25) is 4.79 Å². The number of nitrogens with one attached hydrogen (secondary N) is 1. The molecule has 4 aromatic rings. The summed E-state index contributed by atoms with van der Waals surface area (Å²) in [5, 5.41) is 7.23. The lowest BCUT2D eigenvalue weighted by Gasteiger charge is -2.08. The van der Waals surface area contributed by atoms with Gasteiger partial charge in [0.1, 0.15) is 10.9 Å². The molecule has 0 bridgehead atoms. The number of pyridine rings is 1. The van der Waals surface area contributed by atoms with E-state index in [9.17, 15) is 4.79 Å². The molecule has 1 heterocycles. The molecular weight excluding hydrogens is 374 g/mol. The maximum absolute atomic E-state index is 12.0. The summed E-state index contributed by atoms with van der Waals surface area (Å²) in [7, 11) is 0. The number of benzene rings is 3. The van der Waals surface area contributed by atoms with Gasteiger partial charge >= 0.3 is 0 Å². The molecule has 1 aromatic heterocycles. The van der Waals surface area contributed by atoms with E-state index in [1.54, 1.807) is 0 Å². The highest BCUT2D eigenvalue weighted by molar-refractivity contribution is 6.32. The molecular formula is C22H16ClN3O2. The number of aromatic nitrogens is 1. The van der Waals surface area contributed by atoms with E-state index in [1.165, 1.54) is 6.21 Å². The number of halogens is 1. The van der Waals surface area contributed by atoms with Gasteiger partial charge in [-0.2, -0.15) is 5.10 Å². The number of hydrazone groups is 1. The Morgan fingerprint density at radius 1 is 1.04 bits per heavy atom. The zero-order valence-corrected chi connectivity index (χ0v) is 15.6. The third-order valence-electron chi connectivity index (χ3n) is 4.21. The molecule has 6 heteroatoms. The summed E-state index contributed by atoms with van der Waals surface area (Å²) in [6.45, 7) is -0.144. The smallest absolute Gasteiger partial charge is 0.277 e. The number of fused-ring (bicyclic) bond motifs is 2. The molecule has 0 radical (unpaired) electrons. The Hall–Kier alpha value is -3.44. The number of ether oxygens (including phenoxy) is 1. The normalized spacial score (nSPS) is 11.2. The highest BCUT2D eigenvalue weighted by Crippen LogP contribution is 2.25. The number of carbonyl (C=O) groups excluding carboxylic acids is 1. The van der Waals surface area contributed by atoms with Gasteiger partial charge in [-0.05, 0) is 23.6 Å². The second-order valence-corrected chi connectivity index (χ2v) is 6.48. The molecule has 0 fully saturated rings. The lowest BCUT2D eigenvalue weighted by Crippen LogP contribution is -2.24. The highest BCUT2D eigenvalue weighted by atomic mass is 35.5. The molecule has 0 aliphatic heterocycles. The minimum absolute atomic E-state index is 0.144. The van der Waals surface area contributed by atoms with E-state index in [0.29, 0.717) is 16.5 Å². The topological polar surface area (TPSA) is 63.6 Å². The predicted octanol–water partition coefficient (Wildman–Crippen LogP) is 4.57. The monoisotopic (exact) mass is 389 g/mol. The van der Waals surface area contributed by atoms with Crippen LogP contribution in [0.4, 0.5) is 0 Å². The second kappa shape index (κ2) is 8.06. The van der Waals surface area contributed by atoms with Gasteiger partial charge in [0.2, 0.25) is 0 Å². The van der Waals surface area contributed by atoms with Crippen molar-refractivity contribution in [1.82, 2.24) is 10.4 Å². The second-order valence-electron chi connectivity index (χ2n) is 6.12. The maximum Gasteiger partial charge on any atom is 0.277 e. The van der Waals surface area contributed by atoms with Crippen molar-refractivity contribution in [2.75, 3.05) is 6.61 Å². The minimum Gasteiger partial charge on any atom is -0.483 e. The quantitative estimate of drug-likeness (QED) is 0.309. The molecule has 1 N–H and O–H groups in total. The Labute approximate surface area is 166 Å². The Morgan fingerprint density at radius 3 is 2.68 bits per heavy atom. The number of para-hydroxylation sites is 1. The predicted molar refractivity (Wildman–Crippen MR) is 112 cm³/mol. The standard InChI is InChI=1S/C22H16ClN3O2/c23-22-17(12-16-7-2-4-10-19(16)25-22)13-24-26-21(27)14-28-20-11-5-8-15-6-1-3-9-18(15)20/h1-13H,14H2,(H,26,27)/b24-13+. The summed E-state index contributed by atoms with van der Waals surface area (Å²) in [5.41, 5.74) is 3.87.